The van der Waals surface area contributed by atoms with Gasteiger partial charge in [-0.05, 0) is 42.4 Å². The Bertz CT molecular complexity index is 638. The SMILES string of the molecule is CCNC(c1cc(Br)ccc1Br)c1c(F)cc(Br)cc1F. The third-order valence-electron chi connectivity index (χ3n) is 3.01. The second kappa shape index (κ2) is 7.31. The van der Waals surface area contributed by atoms with Crippen LogP contribution in [0.25, 0.3) is 0 Å². The average Bonchev–Trinajstić information content (AvgIpc) is 2.39. The molecule has 2 rings (SSSR count). The van der Waals surface area contributed by atoms with E-state index >= 15 is 0 Å². The molecule has 112 valence electrons. The summed E-state index contributed by atoms with van der Waals surface area (Å²) in [4.78, 5) is 0. The molecule has 0 aliphatic carbocycles. The molecular formula is C15H12Br3F2N. The lowest BCUT2D eigenvalue weighted by Gasteiger charge is -2.22. The van der Waals surface area contributed by atoms with Gasteiger partial charge in [0.1, 0.15) is 11.6 Å². The molecule has 0 aliphatic heterocycles. The third kappa shape index (κ3) is 3.92. The van der Waals surface area contributed by atoms with Crippen molar-refractivity contribution in [2.45, 2.75) is 13.0 Å². The molecule has 1 N–H and O–H groups in total. The zero-order valence-corrected chi connectivity index (χ0v) is 15.8. The van der Waals surface area contributed by atoms with Crippen LogP contribution in [-0.2, 0) is 0 Å². The van der Waals surface area contributed by atoms with Gasteiger partial charge in [0.25, 0.3) is 0 Å². The lowest BCUT2D eigenvalue weighted by atomic mass is 9.97. The minimum atomic E-state index is -0.584. The highest BCUT2D eigenvalue weighted by atomic mass is 79.9. The Balaban J connectivity index is 2.61. The Kier molecular flexibility index (Phi) is 5.94. The molecule has 0 bridgehead atoms. The maximum atomic E-state index is 14.3. The van der Waals surface area contributed by atoms with Crippen LogP contribution in [0.15, 0.2) is 43.7 Å². The van der Waals surface area contributed by atoms with Crippen LogP contribution in [0.1, 0.15) is 24.1 Å². The van der Waals surface area contributed by atoms with Crippen molar-refractivity contribution >= 4 is 47.8 Å². The minimum absolute atomic E-state index is 0.0128. The van der Waals surface area contributed by atoms with Crippen LogP contribution in [0.3, 0.4) is 0 Å². The van der Waals surface area contributed by atoms with Crippen LogP contribution in [-0.4, -0.2) is 6.54 Å². The van der Waals surface area contributed by atoms with Crippen molar-refractivity contribution in [2.75, 3.05) is 6.54 Å². The smallest absolute Gasteiger partial charge is 0.132 e. The molecule has 0 fully saturated rings. The molecule has 21 heavy (non-hydrogen) atoms. The molecule has 0 aromatic heterocycles. The van der Waals surface area contributed by atoms with E-state index in [1.807, 2.05) is 25.1 Å². The molecular weight excluding hydrogens is 472 g/mol. The van der Waals surface area contributed by atoms with Gasteiger partial charge in [0.15, 0.2) is 0 Å². The van der Waals surface area contributed by atoms with E-state index in [2.05, 4.69) is 53.1 Å². The molecule has 0 heterocycles. The van der Waals surface area contributed by atoms with Gasteiger partial charge in [-0.3, -0.25) is 0 Å². The predicted molar refractivity (Wildman–Crippen MR) is 91.4 cm³/mol. The van der Waals surface area contributed by atoms with E-state index in [9.17, 15) is 8.78 Å². The number of hydrogen-bond donors (Lipinski definition) is 1. The zero-order chi connectivity index (χ0) is 15.6. The van der Waals surface area contributed by atoms with Crippen molar-refractivity contribution in [3.63, 3.8) is 0 Å². The highest BCUT2D eigenvalue weighted by Gasteiger charge is 2.24. The molecule has 0 amide bonds. The Labute approximate surface area is 147 Å². The fourth-order valence-corrected chi connectivity index (χ4v) is 3.39. The molecule has 1 unspecified atom stereocenters. The van der Waals surface area contributed by atoms with Gasteiger partial charge in [-0.15, -0.1) is 0 Å². The molecule has 0 saturated carbocycles. The lowest BCUT2D eigenvalue weighted by Crippen LogP contribution is -2.24. The van der Waals surface area contributed by atoms with Crippen molar-refractivity contribution in [2.24, 2.45) is 0 Å². The Morgan fingerprint density at radius 3 is 2.19 bits per heavy atom. The van der Waals surface area contributed by atoms with Crippen LogP contribution in [0.4, 0.5) is 8.78 Å². The van der Waals surface area contributed by atoms with E-state index in [0.29, 0.717) is 11.0 Å². The first kappa shape index (κ1) is 17.1. The highest BCUT2D eigenvalue weighted by Crippen LogP contribution is 2.34. The van der Waals surface area contributed by atoms with Crippen LogP contribution in [0.5, 0.6) is 0 Å². The quantitative estimate of drug-likeness (QED) is 0.566. The third-order valence-corrected chi connectivity index (χ3v) is 4.68. The second-order valence-electron chi connectivity index (χ2n) is 4.44. The van der Waals surface area contributed by atoms with E-state index in [-0.39, 0.29) is 5.56 Å². The maximum Gasteiger partial charge on any atom is 0.132 e. The monoisotopic (exact) mass is 481 g/mol. The first-order chi connectivity index (χ1) is 9.93. The average molecular weight is 484 g/mol. The molecule has 1 atom stereocenters. The van der Waals surface area contributed by atoms with Crippen LogP contribution in [0, 0.1) is 11.6 Å². The fourth-order valence-electron chi connectivity index (χ4n) is 2.14. The lowest BCUT2D eigenvalue weighted by molar-refractivity contribution is 0.508. The summed E-state index contributed by atoms with van der Waals surface area (Å²) in [6.07, 6.45) is 0. The number of benzene rings is 2. The van der Waals surface area contributed by atoms with Crippen LogP contribution >= 0.6 is 47.8 Å². The molecule has 2 aromatic carbocycles. The highest BCUT2D eigenvalue weighted by molar-refractivity contribution is 9.11. The van der Waals surface area contributed by atoms with Gasteiger partial charge in [0.05, 0.1) is 6.04 Å². The van der Waals surface area contributed by atoms with Gasteiger partial charge in [-0.2, -0.15) is 0 Å². The number of hydrogen-bond acceptors (Lipinski definition) is 1. The summed E-state index contributed by atoms with van der Waals surface area (Å²) in [5.74, 6) is -1.17. The van der Waals surface area contributed by atoms with E-state index in [1.165, 1.54) is 12.1 Å². The summed E-state index contributed by atoms with van der Waals surface area (Å²) in [7, 11) is 0. The first-order valence-corrected chi connectivity index (χ1v) is 8.64. The van der Waals surface area contributed by atoms with Gasteiger partial charge >= 0.3 is 0 Å². The fraction of sp³-hybridized carbons (Fsp3) is 0.200. The molecule has 2 aromatic rings. The summed E-state index contributed by atoms with van der Waals surface area (Å²) >= 11 is 9.94. The second-order valence-corrected chi connectivity index (χ2v) is 7.13. The Morgan fingerprint density at radius 1 is 1.00 bits per heavy atom. The van der Waals surface area contributed by atoms with Crippen molar-refractivity contribution in [3.05, 3.63) is 66.5 Å². The molecule has 0 saturated heterocycles. The number of nitrogens with one attached hydrogen (secondary N) is 1. The topological polar surface area (TPSA) is 12.0 Å². The van der Waals surface area contributed by atoms with Gasteiger partial charge in [-0.25, -0.2) is 8.78 Å². The summed E-state index contributed by atoms with van der Waals surface area (Å²) < 4.78 is 30.5. The molecule has 6 heteroatoms. The van der Waals surface area contributed by atoms with Crippen molar-refractivity contribution in [1.82, 2.24) is 5.32 Å². The molecule has 0 spiro atoms. The zero-order valence-electron chi connectivity index (χ0n) is 11.1. The van der Waals surface area contributed by atoms with Crippen LogP contribution < -0.4 is 5.32 Å². The molecule has 1 nitrogen and oxygen atoms in total. The normalized spacial score (nSPS) is 12.5. The largest absolute Gasteiger partial charge is 0.306 e. The first-order valence-electron chi connectivity index (χ1n) is 6.26. The molecule has 0 aliphatic rings. The maximum absolute atomic E-state index is 14.3. The Morgan fingerprint density at radius 2 is 1.62 bits per heavy atom. The predicted octanol–water partition coefficient (Wildman–Crippen LogP) is 5.95. The summed E-state index contributed by atoms with van der Waals surface area (Å²) in [5, 5.41) is 3.14. The van der Waals surface area contributed by atoms with Gasteiger partial charge in [0.2, 0.25) is 0 Å². The van der Waals surface area contributed by atoms with E-state index in [1.54, 1.807) is 0 Å². The Hall–Kier alpha value is -0.300. The van der Waals surface area contributed by atoms with Gasteiger partial charge in [-0.1, -0.05) is 54.7 Å². The number of halogens is 5. The number of rotatable bonds is 4. The van der Waals surface area contributed by atoms with Crippen molar-refractivity contribution in [1.29, 1.82) is 0 Å². The minimum Gasteiger partial charge on any atom is -0.306 e. The van der Waals surface area contributed by atoms with Crippen LogP contribution in [0.2, 0.25) is 0 Å². The standard InChI is InChI=1S/C15H12Br3F2N/c1-2-21-15(10-5-8(16)3-4-11(10)18)14-12(19)6-9(17)7-13(14)20/h3-7,15,21H,2H2,1H3. The van der Waals surface area contributed by atoms with Gasteiger partial charge in [0, 0.05) is 19.0 Å². The van der Waals surface area contributed by atoms with E-state index in [4.69, 9.17) is 0 Å². The summed E-state index contributed by atoms with van der Waals surface area (Å²) in [6.45, 7) is 2.48. The van der Waals surface area contributed by atoms with E-state index < -0.39 is 17.7 Å². The van der Waals surface area contributed by atoms with E-state index in [0.717, 1.165) is 14.5 Å². The molecule has 0 radical (unpaired) electrons. The van der Waals surface area contributed by atoms with Crippen molar-refractivity contribution < 1.29 is 8.78 Å². The van der Waals surface area contributed by atoms with Crippen molar-refractivity contribution in [3.8, 4) is 0 Å². The van der Waals surface area contributed by atoms with Gasteiger partial charge < -0.3 is 5.32 Å². The summed E-state index contributed by atoms with van der Waals surface area (Å²) in [5.41, 5.74) is 0.783. The summed E-state index contributed by atoms with van der Waals surface area (Å²) in [6, 6.07) is 7.53.